The molecule has 0 radical (unpaired) electrons. The molecule has 92 valence electrons. The predicted octanol–water partition coefficient (Wildman–Crippen LogP) is 0.771. The van der Waals surface area contributed by atoms with Crippen molar-refractivity contribution in [2.24, 2.45) is 12.8 Å². The average molecular weight is 244 g/mol. The van der Waals surface area contributed by atoms with E-state index < -0.39 is 5.91 Å². The molecular weight excluding hydrogens is 232 g/mol. The van der Waals surface area contributed by atoms with Crippen LogP contribution < -0.4 is 11.1 Å². The minimum Gasteiger partial charge on any atom is -0.366 e. The molecule has 0 aliphatic heterocycles. The molecule has 0 fully saturated rings. The van der Waals surface area contributed by atoms with E-state index in [4.69, 9.17) is 5.73 Å². The standard InChI is InChI=1S/C12H12N4O2/c1-16-10(6-7-14-16)12(18)15-9-4-2-8(3-5-9)11(13)17/h2-7H,1H3,(H2,13,17)(H,15,18). The molecule has 0 spiro atoms. The highest BCUT2D eigenvalue weighted by Crippen LogP contribution is 2.10. The number of nitrogens with two attached hydrogens (primary N) is 1. The van der Waals surface area contributed by atoms with E-state index in [0.29, 0.717) is 16.9 Å². The molecule has 0 bridgehead atoms. The summed E-state index contributed by atoms with van der Waals surface area (Å²) in [7, 11) is 1.69. The lowest BCUT2D eigenvalue weighted by atomic mass is 10.2. The Bertz CT molecular complexity index is 586. The zero-order valence-electron chi connectivity index (χ0n) is 9.75. The number of anilines is 1. The van der Waals surface area contributed by atoms with E-state index >= 15 is 0 Å². The second-order valence-electron chi connectivity index (χ2n) is 3.74. The molecule has 2 amide bonds. The lowest BCUT2D eigenvalue weighted by Crippen LogP contribution is -2.16. The Kier molecular flexibility index (Phi) is 3.09. The van der Waals surface area contributed by atoms with Gasteiger partial charge in [0, 0.05) is 24.5 Å². The SMILES string of the molecule is Cn1nccc1C(=O)Nc1ccc(C(N)=O)cc1. The first-order valence-corrected chi connectivity index (χ1v) is 5.27. The molecule has 1 aromatic heterocycles. The summed E-state index contributed by atoms with van der Waals surface area (Å²) in [5.74, 6) is -0.763. The Morgan fingerprint density at radius 1 is 1.22 bits per heavy atom. The number of hydrogen-bond acceptors (Lipinski definition) is 3. The molecule has 1 aromatic carbocycles. The van der Waals surface area contributed by atoms with Gasteiger partial charge < -0.3 is 11.1 Å². The topological polar surface area (TPSA) is 90.0 Å². The average Bonchev–Trinajstić information content (AvgIpc) is 2.76. The maximum atomic E-state index is 11.9. The normalized spacial score (nSPS) is 10.1. The van der Waals surface area contributed by atoms with E-state index in [1.54, 1.807) is 43.6 Å². The van der Waals surface area contributed by atoms with E-state index in [-0.39, 0.29) is 5.91 Å². The summed E-state index contributed by atoms with van der Waals surface area (Å²) in [5, 5.41) is 6.61. The van der Waals surface area contributed by atoms with E-state index in [9.17, 15) is 9.59 Å². The first kappa shape index (κ1) is 11.8. The Labute approximate surface area is 103 Å². The molecule has 0 aliphatic carbocycles. The number of rotatable bonds is 3. The largest absolute Gasteiger partial charge is 0.366 e. The molecule has 0 saturated heterocycles. The fourth-order valence-electron chi connectivity index (χ4n) is 1.51. The Morgan fingerprint density at radius 3 is 2.39 bits per heavy atom. The van der Waals surface area contributed by atoms with Crippen LogP contribution in [-0.4, -0.2) is 21.6 Å². The fraction of sp³-hybridized carbons (Fsp3) is 0.0833. The van der Waals surface area contributed by atoms with Crippen LogP contribution in [0.3, 0.4) is 0 Å². The van der Waals surface area contributed by atoms with Gasteiger partial charge >= 0.3 is 0 Å². The molecule has 0 unspecified atom stereocenters. The van der Waals surface area contributed by atoms with Crippen molar-refractivity contribution >= 4 is 17.5 Å². The Hall–Kier alpha value is -2.63. The molecule has 3 N–H and O–H groups in total. The van der Waals surface area contributed by atoms with Crippen LogP contribution >= 0.6 is 0 Å². The van der Waals surface area contributed by atoms with Gasteiger partial charge in [-0.05, 0) is 30.3 Å². The lowest BCUT2D eigenvalue weighted by molar-refractivity contribution is 0.0997. The number of aromatic nitrogens is 2. The predicted molar refractivity (Wildman–Crippen MR) is 66.1 cm³/mol. The number of carbonyl (C=O) groups is 2. The molecular formula is C12H12N4O2. The monoisotopic (exact) mass is 244 g/mol. The van der Waals surface area contributed by atoms with Gasteiger partial charge in [0.2, 0.25) is 5.91 Å². The number of primary amides is 1. The van der Waals surface area contributed by atoms with Gasteiger partial charge in [0.15, 0.2) is 0 Å². The summed E-state index contributed by atoms with van der Waals surface area (Å²) in [4.78, 5) is 22.7. The minimum absolute atomic E-state index is 0.262. The second-order valence-corrected chi connectivity index (χ2v) is 3.74. The Balaban J connectivity index is 2.13. The van der Waals surface area contributed by atoms with Gasteiger partial charge in [-0.3, -0.25) is 14.3 Å². The molecule has 0 saturated carbocycles. The molecule has 18 heavy (non-hydrogen) atoms. The van der Waals surface area contributed by atoms with Crippen molar-refractivity contribution in [3.05, 3.63) is 47.8 Å². The summed E-state index contributed by atoms with van der Waals surface area (Å²) >= 11 is 0. The van der Waals surface area contributed by atoms with Gasteiger partial charge in [0.1, 0.15) is 5.69 Å². The number of benzene rings is 1. The summed E-state index contributed by atoms with van der Waals surface area (Å²) in [6.45, 7) is 0. The van der Waals surface area contributed by atoms with Gasteiger partial charge in [0.05, 0.1) is 0 Å². The van der Waals surface area contributed by atoms with Crippen LogP contribution in [0.1, 0.15) is 20.8 Å². The summed E-state index contributed by atoms with van der Waals surface area (Å²) in [6.07, 6.45) is 1.55. The van der Waals surface area contributed by atoms with Crippen molar-refractivity contribution < 1.29 is 9.59 Å². The summed E-state index contributed by atoms with van der Waals surface area (Å²) in [5.41, 5.74) is 6.56. The molecule has 0 atom stereocenters. The number of nitrogens with one attached hydrogen (secondary N) is 1. The van der Waals surface area contributed by atoms with Crippen LogP contribution in [0.15, 0.2) is 36.5 Å². The molecule has 2 aromatic rings. The van der Waals surface area contributed by atoms with Crippen molar-refractivity contribution in [2.45, 2.75) is 0 Å². The third-order valence-corrected chi connectivity index (χ3v) is 2.48. The van der Waals surface area contributed by atoms with Crippen LogP contribution in [0, 0.1) is 0 Å². The zero-order valence-corrected chi connectivity index (χ0v) is 9.75. The van der Waals surface area contributed by atoms with Crippen molar-refractivity contribution in [2.75, 3.05) is 5.32 Å². The molecule has 1 heterocycles. The van der Waals surface area contributed by atoms with E-state index in [1.165, 1.54) is 4.68 Å². The van der Waals surface area contributed by atoms with Crippen LogP contribution in [0.4, 0.5) is 5.69 Å². The van der Waals surface area contributed by atoms with Gasteiger partial charge in [-0.2, -0.15) is 5.10 Å². The van der Waals surface area contributed by atoms with Crippen LogP contribution in [0.25, 0.3) is 0 Å². The summed E-state index contributed by atoms with van der Waals surface area (Å²) < 4.78 is 1.48. The quantitative estimate of drug-likeness (QED) is 0.835. The van der Waals surface area contributed by atoms with Gasteiger partial charge in [-0.15, -0.1) is 0 Å². The molecule has 6 heteroatoms. The van der Waals surface area contributed by atoms with Crippen molar-refractivity contribution in [1.82, 2.24) is 9.78 Å². The van der Waals surface area contributed by atoms with Crippen molar-refractivity contribution in [3.8, 4) is 0 Å². The van der Waals surface area contributed by atoms with E-state index in [2.05, 4.69) is 10.4 Å². The highest BCUT2D eigenvalue weighted by atomic mass is 16.2. The first-order chi connectivity index (χ1) is 8.58. The number of hydrogen-bond donors (Lipinski definition) is 2. The number of nitrogens with zero attached hydrogens (tertiary/aromatic N) is 2. The second kappa shape index (κ2) is 4.70. The first-order valence-electron chi connectivity index (χ1n) is 5.27. The third-order valence-electron chi connectivity index (χ3n) is 2.48. The van der Waals surface area contributed by atoms with Gasteiger partial charge in [-0.1, -0.05) is 0 Å². The third kappa shape index (κ3) is 2.37. The van der Waals surface area contributed by atoms with Crippen LogP contribution in [0.5, 0.6) is 0 Å². The highest BCUT2D eigenvalue weighted by Gasteiger charge is 2.10. The van der Waals surface area contributed by atoms with E-state index in [1.807, 2.05) is 0 Å². The maximum absolute atomic E-state index is 11.9. The van der Waals surface area contributed by atoms with Crippen LogP contribution in [0.2, 0.25) is 0 Å². The fourth-order valence-corrected chi connectivity index (χ4v) is 1.51. The van der Waals surface area contributed by atoms with Gasteiger partial charge in [0.25, 0.3) is 5.91 Å². The number of aryl methyl sites for hydroxylation is 1. The van der Waals surface area contributed by atoms with Crippen molar-refractivity contribution in [3.63, 3.8) is 0 Å². The van der Waals surface area contributed by atoms with E-state index in [0.717, 1.165) is 0 Å². The van der Waals surface area contributed by atoms with Crippen molar-refractivity contribution in [1.29, 1.82) is 0 Å². The number of amides is 2. The van der Waals surface area contributed by atoms with Crippen LogP contribution in [-0.2, 0) is 7.05 Å². The zero-order chi connectivity index (χ0) is 13.1. The number of carbonyl (C=O) groups excluding carboxylic acids is 2. The maximum Gasteiger partial charge on any atom is 0.273 e. The smallest absolute Gasteiger partial charge is 0.273 e. The lowest BCUT2D eigenvalue weighted by Gasteiger charge is -2.05. The minimum atomic E-state index is -0.500. The Morgan fingerprint density at radius 2 is 1.89 bits per heavy atom. The summed E-state index contributed by atoms with van der Waals surface area (Å²) in [6, 6.07) is 7.97. The molecule has 2 rings (SSSR count). The highest BCUT2D eigenvalue weighted by molar-refractivity contribution is 6.03. The van der Waals surface area contributed by atoms with Gasteiger partial charge in [-0.25, -0.2) is 0 Å². The molecule has 0 aliphatic rings. The molecule has 6 nitrogen and oxygen atoms in total.